The number of carbonyl (C=O) groups is 2. The maximum Gasteiger partial charge on any atom is 0.335 e. The summed E-state index contributed by atoms with van der Waals surface area (Å²) < 4.78 is 27.4. The molecule has 3 N–H and O–H groups in total. The SMILES string of the molecule is O=C1CCc2cc(S(=O)(=O)NCCc3ccc(C(=O)O)cc3)ccc2N1. The number of aromatic carboxylic acids is 1. The van der Waals surface area contributed by atoms with Crippen molar-refractivity contribution >= 4 is 27.6 Å². The van der Waals surface area contributed by atoms with E-state index in [1.165, 1.54) is 18.2 Å². The molecule has 1 aliphatic heterocycles. The molecule has 0 bridgehead atoms. The van der Waals surface area contributed by atoms with E-state index in [1.54, 1.807) is 24.3 Å². The highest BCUT2D eigenvalue weighted by Gasteiger charge is 2.19. The fourth-order valence-corrected chi connectivity index (χ4v) is 3.84. The van der Waals surface area contributed by atoms with Crippen molar-refractivity contribution in [2.75, 3.05) is 11.9 Å². The van der Waals surface area contributed by atoms with E-state index in [0.29, 0.717) is 24.9 Å². The molecule has 0 fully saturated rings. The third kappa shape index (κ3) is 4.09. The number of carboxylic acid groups (broad SMARTS) is 1. The van der Waals surface area contributed by atoms with Crippen LogP contribution < -0.4 is 10.0 Å². The van der Waals surface area contributed by atoms with E-state index in [2.05, 4.69) is 10.0 Å². The van der Waals surface area contributed by atoms with Crippen molar-refractivity contribution in [3.8, 4) is 0 Å². The van der Waals surface area contributed by atoms with Crippen molar-refractivity contribution in [2.45, 2.75) is 24.2 Å². The Bertz CT molecular complexity index is 952. The van der Waals surface area contributed by atoms with Crippen LogP contribution in [0.5, 0.6) is 0 Å². The Kier molecular flexibility index (Phi) is 5.06. The highest BCUT2D eigenvalue weighted by molar-refractivity contribution is 7.89. The second-order valence-corrected chi connectivity index (χ2v) is 7.78. The van der Waals surface area contributed by atoms with Gasteiger partial charge in [-0.25, -0.2) is 17.9 Å². The largest absolute Gasteiger partial charge is 0.478 e. The molecule has 0 saturated heterocycles. The molecule has 0 spiro atoms. The van der Waals surface area contributed by atoms with Crippen LogP contribution in [0.15, 0.2) is 47.4 Å². The van der Waals surface area contributed by atoms with Crippen molar-refractivity contribution in [3.63, 3.8) is 0 Å². The molecule has 8 heteroatoms. The van der Waals surface area contributed by atoms with Crippen molar-refractivity contribution in [2.24, 2.45) is 0 Å². The van der Waals surface area contributed by atoms with Crippen LogP contribution in [0.4, 0.5) is 5.69 Å². The average molecular weight is 374 g/mol. The van der Waals surface area contributed by atoms with Gasteiger partial charge in [0.15, 0.2) is 0 Å². The number of carbonyl (C=O) groups excluding carboxylic acids is 1. The standard InChI is InChI=1S/C18H18N2O5S/c21-17-8-5-14-11-15(6-7-16(14)20-17)26(24,25)19-10-9-12-1-3-13(4-2-12)18(22)23/h1-4,6-7,11,19H,5,8-10H2,(H,20,21)(H,22,23). The zero-order chi connectivity index (χ0) is 18.7. The molecule has 26 heavy (non-hydrogen) atoms. The van der Waals surface area contributed by atoms with Crippen molar-refractivity contribution in [1.82, 2.24) is 4.72 Å². The quantitative estimate of drug-likeness (QED) is 0.714. The van der Waals surface area contributed by atoms with Crippen LogP contribution >= 0.6 is 0 Å². The number of anilines is 1. The number of fused-ring (bicyclic) bond motifs is 1. The Hall–Kier alpha value is -2.71. The lowest BCUT2D eigenvalue weighted by molar-refractivity contribution is -0.116. The molecular formula is C18H18N2O5S. The lowest BCUT2D eigenvalue weighted by Gasteiger charge is -2.17. The lowest BCUT2D eigenvalue weighted by Crippen LogP contribution is -2.26. The second kappa shape index (κ2) is 7.27. The predicted octanol–water partition coefficient (Wildman–Crippen LogP) is 1.79. The number of rotatable bonds is 6. The average Bonchev–Trinajstić information content (AvgIpc) is 2.61. The van der Waals surface area contributed by atoms with Crippen molar-refractivity contribution in [3.05, 3.63) is 59.2 Å². The molecule has 0 atom stereocenters. The molecule has 0 saturated carbocycles. The summed E-state index contributed by atoms with van der Waals surface area (Å²) in [5, 5.41) is 11.6. The maximum absolute atomic E-state index is 12.4. The van der Waals surface area contributed by atoms with Crippen molar-refractivity contribution in [1.29, 1.82) is 0 Å². The maximum atomic E-state index is 12.4. The molecule has 0 aromatic heterocycles. The normalized spacial score (nSPS) is 13.8. The Balaban J connectivity index is 1.64. The highest BCUT2D eigenvalue weighted by Crippen LogP contribution is 2.25. The molecular weight excluding hydrogens is 356 g/mol. The van der Waals surface area contributed by atoms with Crippen LogP contribution in [-0.4, -0.2) is 31.9 Å². The summed E-state index contributed by atoms with van der Waals surface area (Å²) in [5.74, 6) is -1.07. The Morgan fingerprint density at radius 3 is 2.54 bits per heavy atom. The summed E-state index contributed by atoms with van der Waals surface area (Å²) in [5.41, 5.74) is 2.48. The van der Waals surface area contributed by atoms with E-state index >= 15 is 0 Å². The first kappa shape index (κ1) is 18.1. The predicted molar refractivity (Wildman–Crippen MR) is 95.7 cm³/mol. The summed E-state index contributed by atoms with van der Waals surface area (Å²) in [6.07, 6.45) is 1.30. The molecule has 0 unspecified atom stereocenters. The van der Waals surface area contributed by atoms with Gasteiger partial charge in [-0.2, -0.15) is 0 Å². The molecule has 2 aromatic carbocycles. The first-order valence-corrected chi connectivity index (χ1v) is 9.58. The number of benzene rings is 2. The monoisotopic (exact) mass is 374 g/mol. The topological polar surface area (TPSA) is 113 Å². The van der Waals surface area contributed by atoms with Gasteiger partial charge in [0.1, 0.15) is 0 Å². The molecule has 3 rings (SSSR count). The molecule has 2 aromatic rings. The lowest BCUT2D eigenvalue weighted by atomic mass is 10.0. The zero-order valence-corrected chi connectivity index (χ0v) is 14.7. The van der Waals surface area contributed by atoms with Crippen LogP contribution in [0.25, 0.3) is 0 Å². The Labute approximate surface area is 151 Å². The van der Waals surface area contributed by atoms with E-state index < -0.39 is 16.0 Å². The van der Waals surface area contributed by atoms with Crippen molar-refractivity contribution < 1.29 is 23.1 Å². The minimum Gasteiger partial charge on any atom is -0.478 e. The van der Waals surface area contributed by atoms with Gasteiger partial charge in [0.05, 0.1) is 10.5 Å². The van der Waals surface area contributed by atoms with E-state index in [1.807, 2.05) is 0 Å². The van der Waals surface area contributed by atoms with E-state index in [0.717, 1.165) is 11.1 Å². The van der Waals surface area contributed by atoms with Gasteiger partial charge in [-0.3, -0.25) is 4.79 Å². The first-order valence-electron chi connectivity index (χ1n) is 8.10. The number of nitrogens with one attached hydrogen (secondary N) is 2. The number of hydrogen-bond donors (Lipinski definition) is 3. The summed E-state index contributed by atoms with van der Waals surface area (Å²) >= 11 is 0. The minimum atomic E-state index is -3.66. The van der Waals surface area contributed by atoms with E-state index in [9.17, 15) is 18.0 Å². The second-order valence-electron chi connectivity index (χ2n) is 6.02. The summed E-state index contributed by atoms with van der Waals surface area (Å²) in [6.45, 7) is 0.197. The Morgan fingerprint density at radius 1 is 1.12 bits per heavy atom. The molecule has 0 aliphatic carbocycles. The molecule has 1 heterocycles. The highest BCUT2D eigenvalue weighted by atomic mass is 32.2. The van der Waals surface area contributed by atoms with Gasteiger partial charge in [-0.15, -0.1) is 0 Å². The van der Waals surface area contributed by atoms with E-state index in [-0.39, 0.29) is 22.9 Å². The number of carboxylic acids is 1. The third-order valence-corrected chi connectivity index (χ3v) is 5.65. The van der Waals surface area contributed by atoms with E-state index in [4.69, 9.17) is 5.11 Å². The summed E-state index contributed by atoms with van der Waals surface area (Å²) in [4.78, 5) is 22.3. The number of hydrogen-bond acceptors (Lipinski definition) is 4. The molecule has 136 valence electrons. The first-order chi connectivity index (χ1) is 12.3. The molecule has 1 aliphatic rings. The summed E-state index contributed by atoms with van der Waals surface area (Å²) in [6, 6.07) is 11.0. The summed E-state index contributed by atoms with van der Waals surface area (Å²) in [7, 11) is -3.66. The number of amides is 1. The van der Waals surface area contributed by atoms with Gasteiger partial charge in [-0.1, -0.05) is 12.1 Å². The van der Waals surface area contributed by atoms with Crippen LogP contribution in [-0.2, 0) is 27.7 Å². The van der Waals surface area contributed by atoms with Crippen LogP contribution in [0.1, 0.15) is 27.9 Å². The van der Waals surface area contributed by atoms with Crippen LogP contribution in [0.3, 0.4) is 0 Å². The fraction of sp³-hybridized carbons (Fsp3) is 0.222. The zero-order valence-electron chi connectivity index (χ0n) is 13.9. The number of sulfonamides is 1. The van der Waals surface area contributed by atoms with Gasteiger partial charge in [0, 0.05) is 18.7 Å². The van der Waals surface area contributed by atoms with Gasteiger partial charge >= 0.3 is 5.97 Å². The number of aryl methyl sites for hydroxylation is 1. The van der Waals surface area contributed by atoms with Gasteiger partial charge < -0.3 is 10.4 Å². The van der Waals surface area contributed by atoms with Crippen LogP contribution in [0, 0.1) is 0 Å². The van der Waals surface area contributed by atoms with Gasteiger partial charge in [0.25, 0.3) is 0 Å². The molecule has 0 radical (unpaired) electrons. The fourth-order valence-electron chi connectivity index (χ4n) is 2.75. The third-order valence-electron chi connectivity index (χ3n) is 4.19. The minimum absolute atomic E-state index is 0.0693. The smallest absolute Gasteiger partial charge is 0.335 e. The van der Waals surface area contributed by atoms with Gasteiger partial charge in [0.2, 0.25) is 15.9 Å². The van der Waals surface area contributed by atoms with Gasteiger partial charge in [-0.05, 0) is 54.3 Å². The molecule has 7 nitrogen and oxygen atoms in total. The molecule has 1 amide bonds. The Morgan fingerprint density at radius 2 is 1.85 bits per heavy atom. The van der Waals surface area contributed by atoms with Crippen LogP contribution in [0.2, 0.25) is 0 Å².